The van der Waals surface area contributed by atoms with E-state index in [0.29, 0.717) is 0 Å². The molecule has 0 saturated heterocycles. The summed E-state index contributed by atoms with van der Waals surface area (Å²) in [5.41, 5.74) is 2.46. The minimum absolute atomic E-state index is 0.222. The lowest BCUT2D eigenvalue weighted by molar-refractivity contribution is 0.401. The Morgan fingerprint density at radius 2 is 1.70 bits per heavy atom. The number of benzene rings is 2. The third-order valence-electron chi connectivity index (χ3n) is 3.27. The molecule has 0 aliphatic heterocycles. The second-order valence-corrected chi connectivity index (χ2v) is 6.39. The van der Waals surface area contributed by atoms with Crippen LogP contribution >= 0.6 is 31.9 Å². The Morgan fingerprint density at radius 3 is 2.30 bits per heavy atom. The van der Waals surface area contributed by atoms with Gasteiger partial charge in [0.1, 0.15) is 5.75 Å². The monoisotopic (exact) mass is 397 g/mol. The van der Waals surface area contributed by atoms with Gasteiger partial charge in [-0.15, -0.1) is 0 Å². The van der Waals surface area contributed by atoms with Gasteiger partial charge in [0.05, 0.1) is 7.11 Å². The highest BCUT2D eigenvalue weighted by Gasteiger charge is 2.15. The molecule has 2 aromatic rings. The summed E-state index contributed by atoms with van der Waals surface area (Å²) in [6.45, 7) is 0. The summed E-state index contributed by atoms with van der Waals surface area (Å²) in [5.74, 6) is 0.899. The molecule has 0 fully saturated rings. The van der Waals surface area contributed by atoms with Gasteiger partial charge in [-0.1, -0.05) is 50.1 Å². The van der Waals surface area contributed by atoms with Crippen LogP contribution in [0.3, 0.4) is 0 Å². The van der Waals surface area contributed by atoms with Crippen molar-refractivity contribution in [3.63, 3.8) is 0 Å². The van der Waals surface area contributed by atoms with Gasteiger partial charge in [-0.05, 0) is 43.3 Å². The molecule has 0 aromatic heterocycles. The van der Waals surface area contributed by atoms with Crippen molar-refractivity contribution < 1.29 is 4.74 Å². The Bertz CT molecular complexity index is 569. The van der Waals surface area contributed by atoms with Crippen molar-refractivity contribution in [3.05, 3.63) is 62.5 Å². The van der Waals surface area contributed by atoms with Gasteiger partial charge in [0.25, 0.3) is 0 Å². The summed E-state index contributed by atoms with van der Waals surface area (Å²) >= 11 is 6.94. The molecule has 0 amide bonds. The number of hydrogen-bond acceptors (Lipinski definition) is 2. The minimum Gasteiger partial charge on any atom is -0.496 e. The molecule has 2 nitrogen and oxygen atoms in total. The number of methoxy groups -OCH3 is 1. The first-order chi connectivity index (χ1) is 9.63. The van der Waals surface area contributed by atoms with E-state index >= 15 is 0 Å². The smallest absolute Gasteiger partial charge is 0.124 e. The number of hydrogen-bond donors (Lipinski definition) is 1. The zero-order valence-electron chi connectivity index (χ0n) is 11.5. The lowest BCUT2D eigenvalue weighted by Crippen LogP contribution is -2.19. The first-order valence-electron chi connectivity index (χ1n) is 6.39. The molecule has 4 heteroatoms. The lowest BCUT2D eigenvalue weighted by Gasteiger charge is -2.20. The normalized spacial score (nSPS) is 12.2. The van der Waals surface area contributed by atoms with Crippen molar-refractivity contribution in [1.29, 1.82) is 0 Å². The maximum Gasteiger partial charge on any atom is 0.124 e. The molecule has 0 aliphatic rings. The number of rotatable bonds is 5. The molecule has 0 bridgehead atoms. The first-order valence-corrected chi connectivity index (χ1v) is 7.97. The van der Waals surface area contributed by atoms with Crippen molar-refractivity contribution in [2.45, 2.75) is 12.5 Å². The molecule has 106 valence electrons. The highest BCUT2D eigenvalue weighted by Crippen LogP contribution is 2.30. The standard InChI is InChI=1S/C16H17Br2NO/c1-19-15(9-11-3-5-12(17)6-4-11)14-8-7-13(18)10-16(14)20-2/h3-8,10,15,19H,9H2,1-2H3. The fraction of sp³-hybridized carbons (Fsp3) is 0.250. The zero-order chi connectivity index (χ0) is 14.5. The van der Waals surface area contributed by atoms with Crippen LogP contribution in [0.4, 0.5) is 0 Å². The van der Waals surface area contributed by atoms with E-state index in [0.717, 1.165) is 21.1 Å². The Hall–Kier alpha value is -0.840. The predicted octanol–water partition coefficient (Wildman–Crippen LogP) is 4.72. The Kier molecular flexibility index (Phi) is 5.64. The second-order valence-electron chi connectivity index (χ2n) is 4.56. The minimum atomic E-state index is 0.222. The van der Waals surface area contributed by atoms with Gasteiger partial charge < -0.3 is 10.1 Å². The average molecular weight is 399 g/mol. The lowest BCUT2D eigenvalue weighted by atomic mass is 9.98. The van der Waals surface area contributed by atoms with Crippen LogP contribution in [0.5, 0.6) is 5.75 Å². The molecule has 1 N–H and O–H groups in total. The largest absolute Gasteiger partial charge is 0.496 e. The highest BCUT2D eigenvalue weighted by atomic mass is 79.9. The van der Waals surface area contributed by atoms with E-state index in [1.165, 1.54) is 11.1 Å². The van der Waals surface area contributed by atoms with Crippen LogP contribution in [-0.4, -0.2) is 14.2 Å². The average Bonchev–Trinajstić information content (AvgIpc) is 2.47. The van der Waals surface area contributed by atoms with Gasteiger partial charge in [-0.25, -0.2) is 0 Å². The van der Waals surface area contributed by atoms with Crippen molar-refractivity contribution in [3.8, 4) is 5.75 Å². The number of halogens is 2. The Balaban J connectivity index is 2.26. The van der Waals surface area contributed by atoms with E-state index in [1.54, 1.807) is 7.11 Å². The molecule has 0 radical (unpaired) electrons. The van der Waals surface area contributed by atoms with Crippen LogP contribution in [0.15, 0.2) is 51.4 Å². The van der Waals surface area contributed by atoms with Gasteiger partial charge in [-0.3, -0.25) is 0 Å². The van der Waals surface area contributed by atoms with E-state index in [9.17, 15) is 0 Å². The van der Waals surface area contributed by atoms with Gasteiger partial charge in [0.2, 0.25) is 0 Å². The zero-order valence-corrected chi connectivity index (χ0v) is 14.7. The quantitative estimate of drug-likeness (QED) is 0.786. The van der Waals surface area contributed by atoms with Crippen molar-refractivity contribution in [2.75, 3.05) is 14.2 Å². The van der Waals surface area contributed by atoms with Gasteiger partial charge in [-0.2, -0.15) is 0 Å². The molecule has 1 unspecified atom stereocenters. The van der Waals surface area contributed by atoms with Gasteiger partial charge >= 0.3 is 0 Å². The summed E-state index contributed by atoms with van der Waals surface area (Å²) in [5, 5.41) is 3.37. The Morgan fingerprint density at radius 1 is 1.05 bits per heavy atom. The molecule has 1 atom stereocenters. The first kappa shape index (κ1) is 15.5. The van der Waals surface area contributed by atoms with Crippen LogP contribution < -0.4 is 10.1 Å². The van der Waals surface area contributed by atoms with Gasteiger partial charge in [0, 0.05) is 20.6 Å². The number of likely N-dealkylation sites (N-methyl/N-ethyl adjacent to an activating group) is 1. The van der Waals surface area contributed by atoms with Crippen molar-refractivity contribution in [2.24, 2.45) is 0 Å². The van der Waals surface area contributed by atoms with E-state index in [2.05, 4.69) is 67.5 Å². The van der Waals surface area contributed by atoms with Crippen LogP contribution in [0.2, 0.25) is 0 Å². The summed E-state index contributed by atoms with van der Waals surface area (Å²) in [4.78, 5) is 0. The molecule has 0 heterocycles. The Labute approximate surface area is 136 Å². The maximum atomic E-state index is 5.49. The molecular weight excluding hydrogens is 382 g/mol. The molecule has 0 spiro atoms. The molecule has 2 rings (SSSR count). The molecule has 0 aliphatic carbocycles. The molecular formula is C16H17Br2NO. The summed E-state index contributed by atoms with van der Waals surface area (Å²) < 4.78 is 7.61. The van der Waals surface area contributed by atoms with Gasteiger partial charge in [0.15, 0.2) is 0 Å². The highest BCUT2D eigenvalue weighted by molar-refractivity contribution is 9.10. The predicted molar refractivity (Wildman–Crippen MR) is 90.3 cm³/mol. The fourth-order valence-corrected chi connectivity index (χ4v) is 2.80. The van der Waals surface area contributed by atoms with Crippen LogP contribution in [0.1, 0.15) is 17.2 Å². The fourth-order valence-electron chi connectivity index (χ4n) is 2.20. The maximum absolute atomic E-state index is 5.49. The van der Waals surface area contributed by atoms with E-state index in [-0.39, 0.29) is 6.04 Å². The molecule has 0 saturated carbocycles. The molecule has 2 aromatic carbocycles. The third-order valence-corrected chi connectivity index (χ3v) is 4.29. The van der Waals surface area contributed by atoms with Crippen molar-refractivity contribution in [1.82, 2.24) is 5.32 Å². The van der Waals surface area contributed by atoms with E-state index in [1.807, 2.05) is 19.2 Å². The van der Waals surface area contributed by atoms with Crippen molar-refractivity contribution >= 4 is 31.9 Å². The summed E-state index contributed by atoms with van der Waals surface area (Å²) in [6, 6.07) is 14.8. The second kappa shape index (κ2) is 7.25. The summed E-state index contributed by atoms with van der Waals surface area (Å²) in [6.07, 6.45) is 0.918. The number of nitrogens with one attached hydrogen (secondary N) is 1. The third kappa shape index (κ3) is 3.84. The van der Waals surface area contributed by atoms with Crippen LogP contribution in [0, 0.1) is 0 Å². The summed E-state index contributed by atoms with van der Waals surface area (Å²) in [7, 11) is 3.68. The van der Waals surface area contributed by atoms with E-state index < -0.39 is 0 Å². The molecule has 20 heavy (non-hydrogen) atoms. The van der Waals surface area contributed by atoms with Crippen LogP contribution in [-0.2, 0) is 6.42 Å². The van der Waals surface area contributed by atoms with E-state index in [4.69, 9.17) is 4.74 Å². The van der Waals surface area contributed by atoms with Crippen LogP contribution in [0.25, 0.3) is 0 Å². The topological polar surface area (TPSA) is 21.3 Å². The SMILES string of the molecule is CNC(Cc1ccc(Br)cc1)c1ccc(Br)cc1OC. The number of ether oxygens (including phenoxy) is 1.